The summed E-state index contributed by atoms with van der Waals surface area (Å²) in [5.74, 6) is 0.666. The van der Waals surface area contributed by atoms with Crippen molar-refractivity contribution in [3.8, 4) is 0 Å². The van der Waals surface area contributed by atoms with Gasteiger partial charge in [-0.25, -0.2) is 0 Å². The summed E-state index contributed by atoms with van der Waals surface area (Å²) in [7, 11) is 0. The molecule has 18 heavy (non-hydrogen) atoms. The first-order chi connectivity index (χ1) is 8.50. The molecule has 0 aliphatic carbocycles. The highest BCUT2D eigenvalue weighted by molar-refractivity contribution is 5.22. The van der Waals surface area contributed by atoms with Gasteiger partial charge in [-0.3, -0.25) is 4.90 Å². The van der Waals surface area contributed by atoms with E-state index in [1.165, 1.54) is 12.8 Å². The molecule has 1 saturated heterocycles. The first kappa shape index (κ1) is 13.6. The van der Waals surface area contributed by atoms with Crippen LogP contribution >= 0.6 is 0 Å². The van der Waals surface area contributed by atoms with Crippen LogP contribution < -0.4 is 0 Å². The van der Waals surface area contributed by atoms with E-state index in [1.807, 2.05) is 37.3 Å². The van der Waals surface area contributed by atoms with Crippen LogP contribution in [0, 0.1) is 5.92 Å². The van der Waals surface area contributed by atoms with Gasteiger partial charge in [0.25, 0.3) is 0 Å². The molecule has 0 aromatic heterocycles. The Balaban J connectivity index is 2.08. The maximum atomic E-state index is 10.7. The molecule has 1 heterocycles. The van der Waals surface area contributed by atoms with Crippen molar-refractivity contribution in [2.45, 2.75) is 45.3 Å². The second-order valence-electron chi connectivity index (χ2n) is 6.06. The zero-order valence-electron chi connectivity index (χ0n) is 11.8. The lowest BCUT2D eigenvalue weighted by molar-refractivity contribution is 0.00660. The number of β-amino-alcohol motifs (C(OH)–C–C–N with tert-alkyl or cyclic N) is 1. The summed E-state index contributed by atoms with van der Waals surface area (Å²) in [6, 6.07) is 10.6. The van der Waals surface area contributed by atoms with E-state index in [4.69, 9.17) is 0 Å². The Morgan fingerprint density at radius 2 is 2.00 bits per heavy atom. The third-order valence-corrected chi connectivity index (χ3v) is 4.09. The van der Waals surface area contributed by atoms with E-state index in [-0.39, 0.29) is 0 Å². The van der Waals surface area contributed by atoms with Crippen LogP contribution in [0.2, 0.25) is 0 Å². The Morgan fingerprint density at radius 1 is 1.33 bits per heavy atom. The van der Waals surface area contributed by atoms with Gasteiger partial charge >= 0.3 is 0 Å². The van der Waals surface area contributed by atoms with Crippen LogP contribution in [0.3, 0.4) is 0 Å². The van der Waals surface area contributed by atoms with Crippen molar-refractivity contribution in [3.05, 3.63) is 35.9 Å². The molecule has 2 unspecified atom stereocenters. The summed E-state index contributed by atoms with van der Waals surface area (Å²) < 4.78 is 0. The SMILES string of the molecule is CC(C)C1CCCN1CC(C)(O)c1ccccc1. The number of aliphatic hydroxyl groups is 1. The van der Waals surface area contributed by atoms with Gasteiger partial charge in [-0.2, -0.15) is 0 Å². The molecule has 0 amide bonds. The van der Waals surface area contributed by atoms with Gasteiger partial charge in [-0.05, 0) is 37.8 Å². The largest absolute Gasteiger partial charge is 0.384 e. The fourth-order valence-corrected chi connectivity index (χ4v) is 3.09. The molecule has 1 aliphatic rings. The van der Waals surface area contributed by atoms with Crippen molar-refractivity contribution < 1.29 is 5.11 Å². The van der Waals surface area contributed by atoms with Crippen molar-refractivity contribution >= 4 is 0 Å². The lowest BCUT2D eigenvalue weighted by Crippen LogP contribution is -2.43. The van der Waals surface area contributed by atoms with Crippen molar-refractivity contribution in [1.82, 2.24) is 4.90 Å². The van der Waals surface area contributed by atoms with Crippen LogP contribution in [0.1, 0.15) is 39.2 Å². The van der Waals surface area contributed by atoms with E-state index in [0.717, 1.165) is 18.7 Å². The molecule has 1 fully saturated rings. The van der Waals surface area contributed by atoms with Crippen LogP contribution in [0.15, 0.2) is 30.3 Å². The highest BCUT2D eigenvalue weighted by Gasteiger charge is 2.33. The molecule has 2 rings (SSSR count). The summed E-state index contributed by atoms with van der Waals surface area (Å²) >= 11 is 0. The highest BCUT2D eigenvalue weighted by atomic mass is 16.3. The van der Waals surface area contributed by atoms with Crippen LogP contribution in [0.4, 0.5) is 0 Å². The van der Waals surface area contributed by atoms with Gasteiger partial charge in [0.2, 0.25) is 0 Å². The second-order valence-corrected chi connectivity index (χ2v) is 6.06. The second kappa shape index (κ2) is 5.41. The minimum absolute atomic E-state index is 0.625. The minimum Gasteiger partial charge on any atom is -0.384 e. The molecule has 1 aromatic rings. The van der Waals surface area contributed by atoms with Gasteiger partial charge < -0.3 is 5.11 Å². The van der Waals surface area contributed by atoms with Crippen molar-refractivity contribution in [2.24, 2.45) is 5.92 Å². The molecular formula is C16H25NO. The molecule has 2 atom stereocenters. The van der Waals surface area contributed by atoms with Gasteiger partial charge in [0.05, 0.1) is 5.60 Å². The summed E-state index contributed by atoms with van der Waals surface area (Å²) in [6.07, 6.45) is 2.52. The average molecular weight is 247 g/mol. The van der Waals surface area contributed by atoms with Crippen LogP contribution in [0.5, 0.6) is 0 Å². The maximum absolute atomic E-state index is 10.7. The maximum Gasteiger partial charge on any atom is 0.0994 e. The summed E-state index contributed by atoms with van der Waals surface area (Å²) in [4.78, 5) is 2.46. The molecule has 1 aliphatic heterocycles. The number of nitrogens with zero attached hydrogens (tertiary/aromatic N) is 1. The summed E-state index contributed by atoms with van der Waals surface area (Å²) in [5.41, 5.74) is 0.262. The molecule has 0 saturated carbocycles. The standard InChI is InChI=1S/C16H25NO/c1-13(2)15-10-7-11-17(15)12-16(3,18)14-8-5-4-6-9-14/h4-6,8-9,13,15,18H,7,10-12H2,1-3H3. The lowest BCUT2D eigenvalue weighted by atomic mass is 9.94. The minimum atomic E-state index is -0.751. The molecular weight excluding hydrogens is 222 g/mol. The molecule has 1 N–H and O–H groups in total. The molecule has 0 radical (unpaired) electrons. The van der Waals surface area contributed by atoms with Gasteiger partial charge in [0, 0.05) is 12.6 Å². The molecule has 2 heteroatoms. The number of rotatable bonds is 4. The van der Waals surface area contributed by atoms with Gasteiger partial charge in [0.1, 0.15) is 0 Å². The van der Waals surface area contributed by atoms with Crippen LogP contribution in [-0.4, -0.2) is 29.1 Å². The zero-order valence-corrected chi connectivity index (χ0v) is 11.8. The Bertz CT molecular complexity index is 372. The summed E-state index contributed by atoms with van der Waals surface area (Å²) in [6.45, 7) is 8.34. The molecule has 2 nitrogen and oxygen atoms in total. The zero-order chi connectivity index (χ0) is 13.2. The summed E-state index contributed by atoms with van der Waals surface area (Å²) in [5, 5.41) is 10.7. The number of benzene rings is 1. The number of hydrogen-bond donors (Lipinski definition) is 1. The van der Waals surface area contributed by atoms with E-state index in [9.17, 15) is 5.11 Å². The molecule has 0 bridgehead atoms. The molecule has 1 aromatic carbocycles. The van der Waals surface area contributed by atoms with E-state index in [1.54, 1.807) is 0 Å². The predicted molar refractivity (Wildman–Crippen MR) is 75.4 cm³/mol. The quantitative estimate of drug-likeness (QED) is 0.884. The van der Waals surface area contributed by atoms with E-state index in [2.05, 4.69) is 18.7 Å². The van der Waals surface area contributed by atoms with Crippen LogP contribution in [-0.2, 0) is 5.60 Å². The van der Waals surface area contributed by atoms with Gasteiger partial charge in [0.15, 0.2) is 0 Å². The number of likely N-dealkylation sites (tertiary alicyclic amines) is 1. The van der Waals surface area contributed by atoms with E-state index in [0.29, 0.717) is 12.0 Å². The first-order valence-corrected chi connectivity index (χ1v) is 7.02. The third kappa shape index (κ3) is 2.93. The Kier molecular flexibility index (Phi) is 4.08. The Morgan fingerprint density at radius 3 is 2.61 bits per heavy atom. The normalized spacial score (nSPS) is 24.4. The fraction of sp³-hybridized carbons (Fsp3) is 0.625. The van der Waals surface area contributed by atoms with Crippen molar-refractivity contribution in [2.75, 3.05) is 13.1 Å². The highest BCUT2D eigenvalue weighted by Crippen LogP contribution is 2.29. The molecule has 0 spiro atoms. The smallest absolute Gasteiger partial charge is 0.0994 e. The van der Waals surface area contributed by atoms with Gasteiger partial charge in [-0.1, -0.05) is 44.2 Å². The van der Waals surface area contributed by atoms with Crippen molar-refractivity contribution in [1.29, 1.82) is 0 Å². The Hall–Kier alpha value is -0.860. The monoisotopic (exact) mass is 247 g/mol. The molecule has 100 valence electrons. The van der Waals surface area contributed by atoms with Gasteiger partial charge in [-0.15, -0.1) is 0 Å². The first-order valence-electron chi connectivity index (χ1n) is 7.02. The third-order valence-electron chi connectivity index (χ3n) is 4.09. The topological polar surface area (TPSA) is 23.5 Å². The average Bonchev–Trinajstić information content (AvgIpc) is 2.78. The fourth-order valence-electron chi connectivity index (χ4n) is 3.09. The predicted octanol–water partition coefficient (Wildman–Crippen LogP) is 3.01. The lowest BCUT2D eigenvalue weighted by Gasteiger charge is -2.34. The van der Waals surface area contributed by atoms with Crippen molar-refractivity contribution in [3.63, 3.8) is 0 Å². The van der Waals surface area contributed by atoms with Crippen LogP contribution in [0.25, 0.3) is 0 Å². The van der Waals surface area contributed by atoms with E-state index < -0.39 is 5.60 Å². The number of hydrogen-bond acceptors (Lipinski definition) is 2. The van der Waals surface area contributed by atoms with E-state index >= 15 is 0 Å². The Labute approximate surface area is 111 Å².